The zero-order valence-corrected chi connectivity index (χ0v) is 14.2. The minimum absolute atomic E-state index is 0.0703. The molecule has 5 nitrogen and oxygen atoms in total. The van der Waals surface area contributed by atoms with E-state index in [1.54, 1.807) is 6.92 Å². The van der Waals surface area contributed by atoms with Gasteiger partial charge in [0.25, 0.3) is 0 Å². The number of likely N-dealkylation sites (tertiary alicyclic amines) is 1. The van der Waals surface area contributed by atoms with Crippen LogP contribution in [0.25, 0.3) is 0 Å². The number of amides is 1. The molecule has 0 atom stereocenters. The van der Waals surface area contributed by atoms with Gasteiger partial charge in [-0.05, 0) is 38.3 Å². The molecule has 0 unspecified atom stereocenters. The number of benzene rings is 1. The van der Waals surface area contributed by atoms with Gasteiger partial charge in [0, 0.05) is 38.3 Å². The summed E-state index contributed by atoms with van der Waals surface area (Å²) in [6.45, 7) is 7.98. The van der Waals surface area contributed by atoms with E-state index in [1.165, 1.54) is 5.56 Å². The number of piperidine rings is 1. The lowest BCUT2D eigenvalue weighted by molar-refractivity contribution is -0.137. The molecule has 1 N–H and O–H groups in total. The van der Waals surface area contributed by atoms with Crippen molar-refractivity contribution in [1.29, 1.82) is 0 Å². The van der Waals surface area contributed by atoms with E-state index in [0.717, 1.165) is 37.2 Å². The van der Waals surface area contributed by atoms with Crippen molar-refractivity contribution in [2.24, 2.45) is 0 Å². The van der Waals surface area contributed by atoms with Gasteiger partial charge < -0.3 is 14.9 Å². The number of rotatable bonds is 5. The maximum atomic E-state index is 12.2. The van der Waals surface area contributed by atoms with E-state index >= 15 is 0 Å². The highest BCUT2D eigenvalue weighted by atomic mass is 16.4. The third-order valence-electron chi connectivity index (χ3n) is 4.52. The van der Waals surface area contributed by atoms with Crippen molar-refractivity contribution in [2.45, 2.75) is 46.1 Å². The number of hydrogen-bond acceptors (Lipinski definition) is 3. The molecule has 1 aliphatic heterocycles. The first-order valence-corrected chi connectivity index (χ1v) is 8.19. The molecule has 0 radical (unpaired) electrons. The highest BCUT2D eigenvalue weighted by molar-refractivity contribution is 5.93. The average molecular weight is 318 g/mol. The SMILES string of the molecule is CC(=O)N(c1ccc(C)cc1C)C1CCN(CCC(=O)O)CC1. The number of carbonyl (C=O) groups excluding carboxylic acids is 1. The Morgan fingerprint density at radius 1 is 1.26 bits per heavy atom. The molecule has 1 amide bonds. The standard InChI is InChI=1S/C18H26N2O3/c1-13-4-5-17(14(2)12-13)20(15(3)21)16-6-9-19(10-7-16)11-8-18(22)23/h4-5,12,16H,6-11H2,1-3H3,(H,22,23). The zero-order chi connectivity index (χ0) is 17.0. The fourth-order valence-electron chi connectivity index (χ4n) is 3.35. The van der Waals surface area contributed by atoms with Gasteiger partial charge in [0.05, 0.1) is 6.42 Å². The smallest absolute Gasteiger partial charge is 0.304 e. The fourth-order valence-corrected chi connectivity index (χ4v) is 3.35. The second-order valence-corrected chi connectivity index (χ2v) is 6.40. The molecule has 1 aromatic carbocycles. The van der Waals surface area contributed by atoms with E-state index in [2.05, 4.69) is 17.9 Å². The van der Waals surface area contributed by atoms with E-state index in [0.29, 0.717) is 6.54 Å². The molecule has 23 heavy (non-hydrogen) atoms. The summed E-state index contributed by atoms with van der Waals surface area (Å²) in [5, 5.41) is 8.78. The Balaban J connectivity index is 2.06. The number of aliphatic carboxylic acids is 1. The molecule has 1 heterocycles. The molecule has 0 aliphatic carbocycles. The van der Waals surface area contributed by atoms with E-state index in [4.69, 9.17) is 5.11 Å². The molecule has 2 rings (SSSR count). The summed E-state index contributed by atoms with van der Waals surface area (Å²) >= 11 is 0. The monoisotopic (exact) mass is 318 g/mol. The first-order chi connectivity index (χ1) is 10.9. The summed E-state index contributed by atoms with van der Waals surface area (Å²) in [5.41, 5.74) is 3.30. The molecular weight excluding hydrogens is 292 g/mol. The van der Waals surface area contributed by atoms with Gasteiger partial charge in [0.15, 0.2) is 0 Å². The molecule has 1 aliphatic rings. The molecule has 126 valence electrons. The van der Waals surface area contributed by atoms with E-state index < -0.39 is 5.97 Å². The van der Waals surface area contributed by atoms with Crippen LogP contribution < -0.4 is 4.90 Å². The van der Waals surface area contributed by atoms with Crippen molar-refractivity contribution in [3.8, 4) is 0 Å². The molecule has 1 fully saturated rings. The second kappa shape index (κ2) is 7.59. The van der Waals surface area contributed by atoms with Gasteiger partial charge in [-0.1, -0.05) is 17.7 Å². The van der Waals surface area contributed by atoms with Gasteiger partial charge in [-0.25, -0.2) is 0 Å². The Morgan fingerprint density at radius 3 is 2.43 bits per heavy atom. The number of carboxylic acids is 1. The lowest BCUT2D eigenvalue weighted by atomic mass is 10.00. The van der Waals surface area contributed by atoms with Crippen molar-refractivity contribution in [3.63, 3.8) is 0 Å². The summed E-state index contributed by atoms with van der Waals surface area (Å²) in [5.74, 6) is -0.686. The van der Waals surface area contributed by atoms with Crippen LogP contribution in [-0.4, -0.2) is 47.6 Å². The second-order valence-electron chi connectivity index (χ2n) is 6.40. The number of carbonyl (C=O) groups is 2. The van der Waals surface area contributed by atoms with Crippen molar-refractivity contribution in [1.82, 2.24) is 4.90 Å². The van der Waals surface area contributed by atoms with Gasteiger partial charge in [-0.2, -0.15) is 0 Å². The lowest BCUT2D eigenvalue weighted by Crippen LogP contribution is -2.47. The molecule has 0 bridgehead atoms. The predicted molar refractivity (Wildman–Crippen MR) is 90.8 cm³/mol. The molecular formula is C18H26N2O3. The fraction of sp³-hybridized carbons (Fsp3) is 0.556. The number of aryl methyl sites for hydroxylation is 2. The number of hydrogen-bond donors (Lipinski definition) is 1. The van der Waals surface area contributed by atoms with E-state index in [9.17, 15) is 9.59 Å². The topological polar surface area (TPSA) is 60.9 Å². The maximum absolute atomic E-state index is 12.2. The summed E-state index contributed by atoms with van der Waals surface area (Å²) < 4.78 is 0. The van der Waals surface area contributed by atoms with Gasteiger partial charge in [0.2, 0.25) is 5.91 Å². The molecule has 1 aromatic rings. The minimum atomic E-state index is -0.757. The van der Waals surface area contributed by atoms with E-state index in [1.807, 2.05) is 24.0 Å². The largest absolute Gasteiger partial charge is 0.481 e. The Kier molecular flexibility index (Phi) is 5.77. The molecule has 0 spiro atoms. The Morgan fingerprint density at radius 2 is 1.91 bits per heavy atom. The predicted octanol–water partition coefficient (Wildman–Crippen LogP) is 2.60. The average Bonchev–Trinajstić information content (AvgIpc) is 2.48. The molecule has 1 saturated heterocycles. The summed E-state index contributed by atoms with van der Waals surface area (Å²) in [6.07, 6.45) is 1.94. The van der Waals surface area contributed by atoms with Gasteiger partial charge in [-0.15, -0.1) is 0 Å². The van der Waals surface area contributed by atoms with Crippen LogP contribution in [0.3, 0.4) is 0 Å². The van der Waals surface area contributed by atoms with Crippen LogP contribution in [-0.2, 0) is 9.59 Å². The quantitative estimate of drug-likeness (QED) is 0.906. The third kappa shape index (κ3) is 4.55. The normalized spacial score (nSPS) is 16.3. The van der Waals surface area contributed by atoms with Crippen LogP contribution in [0.4, 0.5) is 5.69 Å². The van der Waals surface area contributed by atoms with Gasteiger partial charge >= 0.3 is 5.97 Å². The van der Waals surface area contributed by atoms with Crippen molar-refractivity contribution >= 4 is 17.6 Å². The number of nitrogens with zero attached hydrogens (tertiary/aromatic N) is 2. The Hall–Kier alpha value is -1.88. The minimum Gasteiger partial charge on any atom is -0.481 e. The summed E-state index contributed by atoms with van der Waals surface area (Å²) in [4.78, 5) is 27.0. The van der Waals surface area contributed by atoms with Crippen LogP contribution in [0.2, 0.25) is 0 Å². The molecule has 5 heteroatoms. The van der Waals surface area contributed by atoms with E-state index in [-0.39, 0.29) is 18.4 Å². The van der Waals surface area contributed by atoms with Gasteiger partial charge in [0.1, 0.15) is 0 Å². The van der Waals surface area contributed by atoms with Crippen molar-refractivity contribution in [3.05, 3.63) is 29.3 Å². The zero-order valence-electron chi connectivity index (χ0n) is 14.2. The Bertz CT molecular complexity index is 578. The van der Waals surface area contributed by atoms with Crippen LogP contribution in [0, 0.1) is 13.8 Å². The number of anilines is 1. The summed E-state index contributed by atoms with van der Waals surface area (Å²) in [6, 6.07) is 6.37. The van der Waals surface area contributed by atoms with Crippen LogP contribution in [0.5, 0.6) is 0 Å². The third-order valence-corrected chi connectivity index (χ3v) is 4.52. The lowest BCUT2D eigenvalue weighted by Gasteiger charge is -2.38. The molecule has 0 saturated carbocycles. The Labute approximate surface area is 137 Å². The number of carboxylic acid groups (broad SMARTS) is 1. The molecule has 0 aromatic heterocycles. The first-order valence-electron chi connectivity index (χ1n) is 8.19. The van der Waals surface area contributed by atoms with Crippen molar-refractivity contribution in [2.75, 3.05) is 24.5 Å². The highest BCUT2D eigenvalue weighted by Crippen LogP contribution is 2.27. The summed E-state index contributed by atoms with van der Waals surface area (Å²) in [7, 11) is 0. The van der Waals surface area contributed by atoms with Crippen LogP contribution in [0.1, 0.15) is 37.3 Å². The van der Waals surface area contributed by atoms with Gasteiger partial charge in [-0.3, -0.25) is 9.59 Å². The maximum Gasteiger partial charge on any atom is 0.304 e. The highest BCUT2D eigenvalue weighted by Gasteiger charge is 2.28. The van der Waals surface area contributed by atoms with Crippen molar-refractivity contribution < 1.29 is 14.7 Å². The van der Waals surface area contributed by atoms with Crippen LogP contribution in [0.15, 0.2) is 18.2 Å². The van der Waals surface area contributed by atoms with Crippen LogP contribution >= 0.6 is 0 Å². The first kappa shape index (κ1) is 17.5.